The Morgan fingerprint density at radius 1 is 1.62 bits per heavy atom. The van der Waals surface area contributed by atoms with Gasteiger partial charge in [-0.1, -0.05) is 12.1 Å². The predicted octanol–water partition coefficient (Wildman–Crippen LogP) is 0.926. The average molecular weight is 227 g/mol. The minimum Gasteiger partial charge on any atom is -0.480 e. The third kappa shape index (κ3) is 3.29. The number of carboxylic acids is 1. The van der Waals surface area contributed by atoms with Gasteiger partial charge in [0.05, 0.1) is 6.61 Å². The molecule has 0 aromatic heterocycles. The van der Waals surface area contributed by atoms with Gasteiger partial charge in [0, 0.05) is 13.5 Å². The Kier molecular flexibility index (Phi) is 4.39. The van der Waals surface area contributed by atoms with Gasteiger partial charge in [-0.15, -0.1) is 0 Å². The van der Waals surface area contributed by atoms with Gasteiger partial charge in [0.2, 0.25) is 0 Å². The first-order valence-electron chi connectivity index (χ1n) is 4.79. The van der Waals surface area contributed by atoms with Crippen LogP contribution in [0.25, 0.3) is 0 Å². The Bertz CT molecular complexity index is 381. The molecule has 0 saturated heterocycles. The van der Waals surface area contributed by atoms with Crippen molar-refractivity contribution in [2.75, 3.05) is 7.11 Å². The zero-order valence-corrected chi connectivity index (χ0v) is 8.94. The molecule has 0 aliphatic rings. The number of carboxylic acid groups (broad SMARTS) is 1. The molecule has 0 heterocycles. The van der Waals surface area contributed by atoms with Crippen molar-refractivity contribution in [2.45, 2.75) is 19.1 Å². The van der Waals surface area contributed by atoms with Crippen LogP contribution in [0.15, 0.2) is 18.2 Å². The number of halogens is 1. The van der Waals surface area contributed by atoms with Crippen LogP contribution in [0.2, 0.25) is 0 Å². The van der Waals surface area contributed by atoms with E-state index < -0.39 is 17.8 Å². The fraction of sp³-hybridized carbons (Fsp3) is 0.364. The molecule has 0 bridgehead atoms. The molecule has 1 rings (SSSR count). The van der Waals surface area contributed by atoms with Crippen LogP contribution in [-0.4, -0.2) is 24.2 Å². The lowest BCUT2D eigenvalue weighted by molar-refractivity contribution is -0.138. The second-order valence-electron chi connectivity index (χ2n) is 3.51. The minimum atomic E-state index is -1.14. The zero-order chi connectivity index (χ0) is 12.1. The molecule has 0 radical (unpaired) electrons. The predicted molar refractivity (Wildman–Crippen MR) is 56.4 cm³/mol. The molecule has 1 unspecified atom stereocenters. The van der Waals surface area contributed by atoms with Crippen LogP contribution < -0.4 is 5.73 Å². The van der Waals surface area contributed by atoms with Crippen LogP contribution in [0.1, 0.15) is 11.1 Å². The minimum absolute atomic E-state index is 0.0194. The summed E-state index contributed by atoms with van der Waals surface area (Å²) in [5.41, 5.74) is 6.33. The van der Waals surface area contributed by atoms with E-state index in [1.165, 1.54) is 19.2 Å². The van der Waals surface area contributed by atoms with Crippen LogP contribution >= 0.6 is 0 Å². The first kappa shape index (κ1) is 12.6. The molecule has 1 aromatic rings. The van der Waals surface area contributed by atoms with Crippen molar-refractivity contribution < 1.29 is 19.0 Å². The summed E-state index contributed by atoms with van der Waals surface area (Å²) < 4.78 is 18.3. The number of carbonyl (C=O) groups is 1. The molecule has 0 amide bonds. The Morgan fingerprint density at radius 3 is 2.81 bits per heavy atom. The molecule has 88 valence electrons. The quantitative estimate of drug-likeness (QED) is 0.784. The van der Waals surface area contributed by atoms with Gasteiger partial charge >= 0.3 is 5.97 Å². The normalized spacial score (nSPS) is 12.4. The molecule has 0 spiro atoms. The van der Waals surface area contributed by atoms with Crippen LogP contribution in [0.4, 0.5) is 4.39 Å². The number of hydrogen-bond acceptors (Lipinski definition) is 3. The van der Waals surface area contributed by atoms with Gasteiger partial charge < -0.3 is 15.6 Å². The number of rotatable bonds is 5. The Hall–Kier alpha value is -1.46. The zero-order valence-electron chi connectivity index (χ0n) is 8.94. The van der Waals surface area contributed by atoms with E-state index in [-0.39, 0.29) is 6.42 Å². The summed E-state index contributed by atoms with van der Waals surface area (Å²) >= 11 is 0. The van der Waals surface area contributed by atoms with E-state index >= 15 is 0 Å². The smallest absolute Gasteiger partial charge is 0.320 e. The molecule has 0 fully saturated rings. The second kappa shape index (κ2) is 5.58. The maximum atomic E-state index is 13.5. The summed E-state index contributed by atoms with van der Waals surface area (Å²) in [7, 11) is 1.52. The largest absolute Gasteiger partial charge is 0.480 e. The lowest BCUT2D eigenvalue weighted by atomic mass is 10.0. The van der Waals surface area contributed by atoms with Gasteiger partial charge in [0.15, 0.2) is 0 Å². The maximum Gasteiger partial charge on any atom is 0.320 e. The Morgan fingerprint density at radius 2 is 2.31 bits per heavy atom. The highest BCUT2D eigenvalue weighted by atomic mass is 19.1. The van der Waals surface area contributed by atoms with Crippen LogP contribution in [-0.2, 0) is 22.6 Å². The number of hydrogen-bond donors (Lipinski definition) is 2. The van der Waals surface area contributed by atoms with Gasteiger partial charge in [-0.3, -0.25) is 4.79 Å². The number of benzene rings is 1. The van der Waals surface area contributed by atoms with Gasteiger partial charge in [-0.2, -0.15) is 0 Å². The van der Waals surface area contributed by atoms with Crippen molar-refractivity contribution in [3.05, 3.63) is 35.1 Å². The molecular formula is C11H14FNO3. The van der Waals surface area contributed by atoms with E-state index in [1.54, 1.807) is 6.07 Å². The molecular weight excluding hydrogens is 213 g/mol. The van der Waals surface area contributed by atoms with Crippen molar-refractivity contribution in [1.29, 1.82) is 0 Å². The van der Waals surface area contributed by atoms with Gasteiger partial charge in [0.1, 0.15) is 11.9 Å². The number of aliphatic carboxylic acids is 1. The summed E-state index contributed by atoms with van der Waals surface area (Å²) in [5.74, 6) is -1.59. The molecule has 16 heavy (non-hydrogen) atoms. The molecule has 4 nitrogen and oxygen atoms in total. The molecule has 0 saturated carbocycles. The highest BCUT2D eigenvalue weighted by Crippen LogP contribution is 2.13. The van der Waals surface area contributed by atoms with E-state index in [9.17, 15) is 9.18 Å². The summed E-state index contributed by atoms with van der Waals surface area (Å²) in [6.45, 7) is 0.322. The van der Waals surface area contributed by atoms with Gasteiger partial charge in [-0.05, 0) is 17.2 Å². The van der Waals surface area contributed by atoms with Gasteiger partial charge in [0.25, 0.3) is 0 Å². The summed E-state index contributed by atoms with van der Waals surface area (Å²) in [6, 6.07) is 3.47. The topological polar surface area (TPSA) is 72.5 Å². The molecule has 1 aromatic carbocycles. The second-order valence-corrected chi connectivity index (χ2v) is 3.51. The lowest BCUT2D eigenvalue weighted by Gasteiger charge is -2.08. The molecule has 5 heteroatoms. The highest BCUT2D eigenvalue weighted by Gasteiger charge is 2.14. The third-order valence-electron chi connectivity index (χ3n) is 2.19. The van der Waals surface area contributed by atoms with Crippen LogP contribution in [0.5, 0.6) is 0 Å². The summed E-state index contributed by atoms with van der Waals surface area (Å²) in [4.78, 5) is 10.5. The first-order chi connectivity index (χ1) is 7.54. The molecule has 3 N–H and O–H groups in total. The Labute approximate surface area is 92.8 Å². The number of methoxy groups -OCH3 is 1. The van der Waals surface area contributed by atoms with Crippen LogP contribution in [0, 0.1) is 5.82 Å². The van der Waals surface area contributed by atoms with E-state index in [2.05, 4.69) is 0 Å². The average Bonchev–Trinajstić information content (AvgIpc) is 2.22. The fourth-order valence-electron chi connectivity index (χ4n) is 1.34. The standard InChI is InChI=1S/C11H14FNO3/c1-16-6-7-2-3-8(9(12)4-7)5-10(13)11(14)15/h2-4,10H,5-6,13H2,1H3,(H,14,15). The molecule has 1 atom stereocenters. The van der Waals surface area contributed by atoms with Crippen LogP contribution in [0.3, 0.4) is 0 Å². The van der Waals surface area contributed by atoms with E-state index in [0.29, 0.717) is 17.7 Å². The van der Waals surface area contributed by atoms with E-state index in [4.69, 9.17) is 15.6 Å². The fourth-order valence-corrected chi connectivity index (χ4v) is 1.34. The van der Waals surface area contributed by atoms with Crippen molar-refractivity contribution in [1.82, 2.24) is 0 Å². The molecule has 0 aliphatic carbocycles. The Balaban J connectivity index is 2.78. The monoisotopic (exact) mass is 227 g/mol. The number of ether oxygens (including phenoxy) is 1. The highest BCUT2D eigenvalue weighted by molar-refractivity contribution is 5.73. The maximum absolute atomic E-state index is 13.5. The van der Waals surface area contributed by atoms with Crippen molar-refractivity contribution in [3.8, 4) is 0 Å². The lowest BCUT2D eigenvalue weighted by Crippen LogP contribution is -2.32. The summed E-state index contributed by atoms with van der Waals surface area (Å²) in [6.07, 6.45) is -0.0194. The van der Waals surface area contributed by atoms with E-state index in [0.717, 1.165) is 0 Å². The van der Waals surface area contributed by atoms with Crippen molar-refractivity contribution in [3.63, 3.8) is 0 Å². The van der Waals surface area contributed by atoms with Crippen molar-refractivity contribution in [2.24, 2.45) is 5.73 Å². The first-order valence-corrected chi connectivity index (χ1v) is 4.79. The third-order valence-corrected chi connectivity index (χ3v) is 2.19. The molecule has 0 aliphatic heterocycles. The van der Waals surface area contributed by atoms with Gasteiger partial charge in [-0.25, -0.2) is 4.39 Å². The van der Waals surface area contributed by atoms with Crippen molar-refractivity contribution >= 4 is 5.97 Å². The number of nitrogens with two attached hydrogens (primary N) is 1. The van der Waals surface area contributed by atoms with E-state index in [1.807, 2.05) is 0 Å². The SMILES string of the molecule is COCc1ccc(CC(N)C(=O)O)c(F)c1. The summed E-state index contributed by atoms with van der Waals surface area (Å²) in [5, 5.41) is 8.61.